The number of methoxy groups -OCH3 is 2. The molecule has 1 unspecified atom stereocenters. The summed E-state index contributed by atoms with van der Waals surface area (Å²) in [7, 11) is 3.14. The number of halogens is 2. The number of carbonyl (C=O) groups is 1. The van der Waals surface area contributed by atoms with E-state index in [-0.39, 0.29) is 52.9 Å². The molecule has 160 valence electrons. The maximum absolute atomic E-state index is 14.2. The summed E-state index contributed by atoms with van der Waals surface area (Å²) in [6.45, 7) is 0.828. The van der Waals surface area contributed by atoms with Crippen molar-refractivity contribution in [3.8, 4) is 11.5 Å². The second kappa shape index (κ2) is 14.3. The Hall–Kier alpha value is -1.71. The first-order valence-corrected chi connectivity index (χ1v) is 9.03. The summed E-state index contributed by atoms with van der Waals surface area (Å²) in [5.41, 5.74) is 1.15. The molecule has 0 heterocycles. The Labute approximate surface area is 197 Å². The number of aliphatic carboxylic acids is 1. The Morgan fingerprint density at radius 1 is 1.17 bits per heavy atom. The van der Waals surface area contributed by atoms with Crippen molar-refractivity contribution in [3.63, 3.8) is 0 Å². The smallest absolute Gasteiger partial charge is 0.870 e. The number of hydrogen-bond acceptors (Lipinski definition) is 5. The van der Waals surface area contributed by atoms with Gasteiger partial charge in [-0.3, -0.25) is 4.79 Å². The average molecular weight is 433 g/mol. The van der Waals surface area contributed by atoms with Crippen LogP contribution >= 0.6 is 0 Å². The maximum Gasteiger partial charge on any atom is 1.00 e. The number of hydrogen-bond donors (Lipinski definition) is 2. The topological polar surface area (TPSA) is 97.8 Å². The van der Waals surface area contributed by atoms with Gasteiger partial charge in [-0.15, -0.1) is 0 Å². The molecule has 0 spiro atoms. The molecule has 0 aliphatic carbocycles. The van der Waals surface area contributed by atoms with Crippen molar-refractivity contribution < 1.29 is 63.2 Å². The van der Waals surface area contributed by atoms with Crippen LogP contribution in [-0.4, -0.2) is 37.3 Å². The summed E-state index contributed by atoms with van der Waals surface area (Å²) >= 11 is 0. The summed E-state index contributed by atoms with van der Waals surface area (Å²) in [5, 5.41) is 12.1. The molecule has 1 atom stereocenters. The Morgan fingerprint density at radius 2 is 1.90 bits per heavy atom. The zero-order valence-corrected chi connectivity index (χ0v) is 19.5. The van der Waals surface area contributed by atoms with Crippen LogP contribution in [-0.2, 0) is 11.3 Å². The fraction of sp³-hybridized carbons (Fsp3) is 0.381. The van der Waals surface area contributed by atoms with Gasteiger partial charge in [0.15, 0.2) is 11.6 Å². The summed E-state index contributed by atoms with van der Waals surface area (Å²) < 4.78 is 38.4. The molecule has 0 aromatic heterocycles. The molecule has 0 aliphatic heterocycles. The third-order valence-electron chi connectivity index (χ3n) is 4.56. The molecule has 0 saturated carbocycles. The normalized spacial score (nSPS) is 11.1. The molecule has 2 aromatic rings. The predicted octanol–water partition coefficient (Wildman–Crippen LogP) is 0.938. The molecular weight excluding hydrogens is 407 g/mol. The van der Waals surface area contributed by atoms with Gasteiger partial charge in [-0.1, -0.05) is 18.2 Å². The summed E-state index contributed by atoms with van der Waals surface area (Å²) in [6, 6.07) is 9.53. The molecule has 0 saturated heterocycles. The largest absolute Gasteiger partial charge is 1.00 e. The third-order valence-corrected chi connectivity index (χ3v) is 4.56. The van der Waals surface area contributed by atoms with Gasteiger partial charge in [0.1, 0.15) is 11.5 Å². The second-order valence-electron chi connectivity index (χ2n) is 6.43. The summed E-state index contributed by atoms with van der Waals surface area (Å²) in [6.07, 6.45) is 0.794. The number of nitrogens with one attached hydrogen (secondary N) is 1. The molecule has 30 heavy (non-hydrogen) atoms. The van der Waals surface area contributed by atoms with Gasteiger partial charge in [-0.2, -0.15) is 0 Å². The molecule has 2 rings (SSSR count). The van der Waals surface area contributed by atoms with Crippen molar-refractivity contribution >= 4 is 5.97 Å². The predicted molar refractivity (Wildman–Crippen MR) is 104 cm³/mol. The van der Waals surface area contributed by atoms with E-state index in [1.165, 1.54) is 6.07 Å². The zero-order valence-electron chi connectivity index (χ0n) is 17.5. The Morgan fingerprint density at radius 3 is 2.53 bits per heavy atom. The SMILES string of the molecule is COc1ccc(CNCC(CCCC(=O)O)c2cccc(F)c2F)c(OC)c1.[Na+].[OH-]. The molecule has 2 aromatic carbocycles. The molecular formula is C21H26F2NNaO5. The van der Waals surface area contributed by atoms with E-state index in [1.807, 2.05) is 12.1 Å². The monoisotopic (exact) mass is 433 g/mol. The Kier molecular flexibility index (Phi) is 13.5. The van der Waals surface area contributed by atoms with Gasteiger partial charge in [0.2, 0.25) is 0 Å². The van der Waals surface area contributed by atoms with Crippen molar-refractivity contribution in [2.75, 3.05) is 20.8 Å². The van der Waals surface area contributed by atoms with Crippen LogP contribution < -0.4 is 44.3 Å². The number of rotatable bonds is 11. The summed E-state index contributed by atoms with van der Waals surface area (Å²) in [4.78, 5) is 10.8. The second-order valence-corrected chi connectivity index (χ2v) is 6.43. The molecule has 9 heteroatoms. The number of ether oxygens (including phenoxy) is 2. The van der Waals surface area contributed by atoms with Crippen LogP contribution in [0.25, 0.3) is 0 Å². The van der Waals surface area contributed by atoms with E-state index in [4.69, 9.17) is 14.6 Å². The fourth-order valence-electron chi connectivity index (χ4n) is 3.08. The van der Waals surface area contributed by atoms with E-state index in [0.717, 1.165) is 11.6 Å². The van der Waals surface area contributed by atoms with Gasteiger partial charge in [-0.25, -0.2) is 8.78 Å². The Balaban J connectivity index is 0.00000420. The van der Waals surface area contributed by atoms with Crippen LogP contribution in [0.2, 0.25) is 0 Å². The first kappa shape index (κ1) is 28.3. The van der Waals surface area contributed by atoms with E-state index in [1.54, 1.807) is 26.4 Å². The molecule has 0 fully saturated rings. The van der Waals surface area contributed by atoms with Crippen molar-refractivity contribution in [3.05, 3.63) is 59.2 Å². The van der Waals surface area contributed by atoms with Gasteiger partial charge in [0, 0.05) is 31.1 Å². The van der Waals surface area contributed by atoms with E-state index < -0.39 is 17.6 Å². The van der Waals surface area contributed by atoms with E-state index in [9.17, 15) is 13.6 Å². The van der Waals surface area contributed by atoms with Crippen molar-refractivity contribution in [2.24, 2.45) is 0 Å². The quantitative estimate of drug-likeness (QED) is 0.512. The van der Waals surface area contributed by atoms with Gasteiger partial charge >= 0.3 is 35.5 Å². The van der Waals surface area contributed by atoms with Crippen LogP contribution in [0.1, 0.15) is 36.3 Å². The van der Waals surface area contributed by atoms with Gasteiger partial charge < -0.3 is 25.4 Å². The molecule has 3 N–H and O–H groups in total. The third kappa shape index (κ3) is 8.20. The molecule has 0 radical (unpaired) electrons. The molecule has 0 amide bonds. The molecule has 0 aliphatic rings. The molecule has 0 bridgehead atoms. The maximum atomic E-state index is 14.2. The van der Waals surface area contributed by atoms with Crippen LogP contribution in [0, 0.1) is 11.6 Å². The van der Waals surface area contributed by atoms with Crippen LogP contribution in [0.5, 0.6) is 11.5 Å². The Bertz CT molecular complexity index is 807. The van der Waals surface area contributed by atoms with Crippen LogP contribution in [0.4, 0.5) is 8.78 Å². The van der Waals surface area contributed by atoms with E-state index in [0.29, 0.717) is 37.4 Å². The average Bonchev–Trinajstić information content (AvgIpc) is 2.69. The van der Waals surface area contributed by atoms with Crippen LogP contribution in [0.3, 0.4) is 0 Å². The number of carboxylic acids is 1. The number of benzene rings is 2. The van der Waals surface area contributed by atoms with E-state index in [2.05, 4.69) is 5.32 Å². The standard InChI is InChI=1S/C21H25F2NO4.Na.H2O/c1-27-16-10-9-15(19(11-16)28-2)13-24-12-14(5-3-8-20(25)26)17-6-4-7-18(22)21(17)23;;/h4,6-7,9-11,14,24H,3,5,8,12-13H2,1-2H3,(H,25,26);;1H2/q;+1;/p-1. The van der Waals surface area contributed by atoms with E-state index >= 15 is 0 Å². The van der Waals surface area contributed by atoms with Gasteiger partial charge in [0.25, 0.3) is 0 Å². The first-order valence-electron chi connectivity index (χ1n) is 9.03. The summed E-state index contributed by atoms with van der Waals surface area (Å²) in [5.74, 6) is -1.71. The zero-order chi connectivity index (χ0) is 20.5. The molecule has 6 nitrogen and oxygen atoms in total. The first-order chi connectivity index (χ1) is 13.5. The minimum absolute atomic E-state index is 0. The van der Waals surface area contributed by atoms with Crippen molar-refractivity contribution in [1.29, 1.82) is 0 Å². The minimum Gasteiger partial charge on any atom is -0.870 e. The number of carboxylic acid groups (broad SMARTS) is 1. The van der Waals surface area contributed by atoms with Crippen molar-refractivity contribution in [1.82, 2.24) is 5.32 Å². The van der Waals surface area contributed by atoms with Gasteiger partial charge in [0.05, 0.1) is 14.2 Å². The van der Waals surface area contributed by atoms with Gasteiger partial charge in [-0.05, 0) is 36.5 Å². The van der Waals surface area contributed by atoms with Crippen LogP contribution in [0.15, 0.2) is 36.4 Å². The fourth-order valence-corrected chi connectivity index (χ4v) is 3.08. The minimum atomic E-state index is -0.908. The van der Waals surface area contributed by atoms with Crippen molar-refractivity contribution in [2.45, 2.75) is 31.7 Å².